The van der Waals surface area contributed by atoms with Crippen LogP contribution in [-0.2, 0) is 0 Å². The summed E-state index contributed by atoms with van der Waals surface area (Å²) in [6.45, 7) is 2.06. The Morgan fingerprint density at radius 3 is 2.88 bits per heavy atom. The van der Waals surface area contributed by atoms with E-state index in [1.807, 2.05) is 17.5 Å². The van der Waals surface area contributed by atoms with Crippen molar-refractivity contribution in [2.75, 3.05) is 18.2 Å². The summed E-state index contributed by atoms with van der Waals surface area (Å²) in [7, 11) is 1.63. The Morgan fingerprint density at radius 1 is 1.41 bits per heavy atom. The molecule has 2 rings (SSSR count). The minimum absolute atomic E-state index is 0.154. The van der Waals surface area contributed by atoms with Gasteiger partial charge < -0.3 is 15.8 Å². The molecule has 0 spiro atoms. The van der Waals surface area contributed by atoms with Gasteiger partial charge in [-0.1, -0.05) is 0 Å². The van der Waals surface area contributed by atoms with E-state index in [4.69, 9.17) is 10.5 Å². The number of thiazole rings is 1. The molecule has 0 saturated carbocycles. The Labute approximate surface area is 104 Å². The maximum Gasteiger partial charge on any atom is 0.122 e. The fourth-order valence-corrected chi connectivity index (χ4v) is 2.23. The van der Waals surface area contributed by atoms with E-state index in [9.17, 15) is 0 Å². The van der Waals surface area contributed by atoms with Gasteiger partial charge in [-0.3, -0.25) is 0 Å². The number of hydrogen-bond donors (Lipinski definition) is 2. The first-order valence-electron chi connectivity index (χ1n) is 5.29. The number of nitrogens with one attached hydrogen (secondary N) is 1. The summed E-state index contributed by atoms with van der Waals surface area (Å²) >= 11 is 1.63. The lowest BCUT2D eigenvalue weighted by Gasteiger charge is -2.14. The van der Waals surface area contributed by atoms with Crippen molar-refractivity contribution in [3.8, 4) is 5.75 Å². The highest BCUT2D eigenvalue weighted by Gasteiger charge is 2.08. The molecular formula is C12H15N3OS. The molecule has 1 aromatic heterocycles. The first-order chi connectivity index (χ1) is 8.19. The molecular weight excluding hydrogens is 234 g/mol. The quantitative estimate of drug-likeness (QED) is 0.818. The average Bonchev–Trinajstić information content (AvgIpc) is 2.81. The summed E-state index contributed by atoms with van der Waals surface area (Å²) in [5, 5.41) is 6.36. The average molecular weight is 249 g/mol. The van der Waals surface area contributed by atoms with Crippen molar-refractivity contribution in [3.63, 3.8) is 0 Å². The zero-order chi connectivity index (χ0) is 12.3. The normalized spacial score (nSPS) is 12.1. The van der Waals surface area contributed by atoms with E-state index in [1.54, 1.807) is 30.7 Å². The van der Waals surface area contributed by atoms with Crippen LogP contribution in [0.25, 0.3) is 0 Å². The van der Waals surface area contributed by atoms with Crippen molar-refractivity contribution in [1.82, 2.24) is 4.98 Å². The van der Waals surface area contributed by atoms with Gasteiger partial charge in [-0.25, -0.2) is 4.98 Å². The van der Waals surface area contributed by atoms with Crippen molar-refractivity contribution < 1.29 is 4.74 Å². The zero-order valence-electron chi connectivity index (χ0n) is 9.81. The molecule has 0 saturated heterocycles. The van der Waals surface area contributed by atoms with Crippen molar-refractivity contribution in [1.29, 1.82) is 0 Å². The molecule has 1 atom stereocenters. The molecule has 0 aliphatic heterocycles. The number of nitrogens with zero attached hydrogens (tertiary/aromatic N) is 1. The van der Waals surface area contributed by atoms with E-state index in [1.165, 1.54) is 0 Å². The largest absolute Gasteiger partial charge is 0.497 e. The standard InChI is InChI=1S/C12H15N3OS/c1-8(12-14-3-4-17-12)15-10-5-9(13)6-11(7-10)16-2/h3-8,15H,13H2,1-2H3. The summed E-state index contributed by atoms with van der Waals surface area (Å²) in [5.41, 5.74) is 7.41. The fourth-order valence-electron chi connectivity index (χ4n) is 1.58. The van der Waals surface area contributed by atoms with Crippen LogP contribution in [0.4, 0.5) is 11.4 Å². The molecule has 0 aliphatic rings. The molecule has 1 unspecified atom stereocenters. The highest BCUT2D eigenvalue weighted by molar-refractivity contribution is 7.09. The number of ether oxygens (including phenoxy) is 1. The van der Waals surface area contributed by atoms with Crippen LogP contribution < -0.4 is 15.8 Å². The van der Waals surface area contributed by atoms with Crippen LogP contribution in [0.2, 0.25) is 0 Å². The summed E-state index contributed by atoms with van der Waals surface area (Å²) in [4.78, 5) is 4.27. The monoisotopic (exact) mass is 249 g/mol. The van der Waals surface area contributed by atoms with Gasteiger partial charge in [0, 0.05) is 35.1 Å². The molecule has 4 nitrogen and oxygen atoms in total. The molecule has 1 heterocycles. The highest BCUT2D eigenvalue weighted by atomic mass is 32.1. The van der Waals surface area contributed by atoms with E-state index >= 15 is 0 Å². The van der Waals surface area contributed by atoms with Gasteiger partial charge in [0.1, 0.15) is 10.8 Å². The smallest absolute Gasteiger partial charge is 0.122 e. The zero-order valence-corrected chi connectivity index (χ0v) is 10.6. The molecule has 0 bridgehead atoms. The van der Waals surface area contributed by atoms with Crippen LogP contribution in [0.3, 0.4) is 0 Å². The number of methoxy groups -OCH3 is 1. The van der Waals surface area contributed by atoms with Crippen molar-refractivity contribution in [3.05, 3.63) is 34.8 Å². The van der Waals surface area contributed by atoms with Gasteiger partial charge in [0.15, 0.2) is 0 Å². The molecule has 90 valence electrons. The molecule has 0 radical (unpaired) electrons. The molecule has 0 aliphatic carbocycles. The Hall–Kier alpha value is -1.75. The van der Waals surface area contributed by atoms with E-state index < -0.39 is 0 Å². The number of anilines is 2. The summed E-state index contributed by atoms with van der Waals surface area (Å²) in [6, 6.07) is 5.74. The van der Waals surface area contributed by atoms with Crippen molar-refractivity contribution in [2.45, 2.75) is 13.0 Å². The van der Waals surface area contributed by atoms with Gasteiger partial charge in [0.2, 0.25) is 0 Å². The van der Waals surface area contributed by atoms with Gasteiger partial charge in [0.05, 0.1) is 13.2 Å². The summed E-state index contributed by atoms with van der Waals surface area (Å²) < 4.78 is 5.17. The SMILES string of the molecule is COc1cc(N)cc(NC(C)c2nccs2)c1. The van der Waals surface area contributed by atoms with Gasteiger partial charge >= 0.3 is 0 Å². The Morgan fingerprint density at radius 2 is 2.24 bits per heavy atom. The van der Waals surface area contributed by atoms with Crippen molar-refractivity contribution in [2.24, 2.45) is 0 Å². The molecule has 5 heteroatoms. The van der Waals surface area contributed by atoms with Gasteiger partial charge in [-0.2, -0.15) is 0 Å². The first kappa shape index (κ1) is 11.7. The van der Waals surface area contributed by atoms with Crippen LogP contribution in [0, 0.1) is 0 Å². The van der Waals surface area contributed by atoms with E-state index in [0.717, 1.165) is 16.4 Å². The van der Waals surface area contributed by atoms with Gasteiger partial charge in [0.25, 0.3) is 0 Å². The lowest BCUT2D eigenvalue weighted by molar-refractivity contribution is 0.415. The molecule has 2 aromatic rings. The maximum absolute atomic E-state index is 5.80. The lowest BCUT2D eigenvalue weighted by Crippen LogP contribution is -2.06. The number of rotatable bonds is 4. The van der Waals surface area contributed by atoms with Crippen molar-refractivity contribution >= 4 is 22.7 Å². The number of benzene rings is 1. The van der Waals surface area contributed by atoms with Crippen LogP contribution in [-0.4, -0.2) is 12.1 Å². The van der Waals surface area contributed by atoms with Gasteiger partial charge in [-0.05, 0) is 13.0 Å². The third kappa shape index (κ3) is 2.88. The Kier molecular flexibility index (Phi) is 3.49. The van der Waals surface area contributed by atoms with Crippen LogP contribution in [0.15, 0.2) is 29.8 Å². The van der Waals surface area contributed by atoms with Crippen LogP contribution in [0.1, 0.15) is 18.0 Å². The third-order valence-electron chi connectivity index (χ3n) is 2.37. The summed E-state index contributed by atoms with van der Waals surface area (Å²) in [5.74, 6) is 0.749. The second kappa shape index (κ2) is 5.05. The lowest BCUT2D eigenvalue weighted by atomic mass is 10.2. The van der Waals surface area contributed by atoms with Gasteiger partial charge in [-0.15, -0.1) is 11.3 Å². The molecule has 0 fully saturated rings. The van der Waals surface area contributed by atoms with E-state index in [2.05, 4.69) is 17.2 Å². The number of nitrogen functional groups attached to an aromatic ring is 1. The maximum atomic E-state index is 5.80. The minimum Gasteiger partial charge on any atom is -0.497 e. The van der Waals surface area contributed by atoms with E-state index in [-0.39, 0.29) is 6.04 Å². The minimum atomic E-state index is 0.154. The second-order valence-electron chi connectivity index (χ2n) is 3.73. The highest BCUT2D eigenvalue weighted by Crippen LogP contribution is 2.26. The van der Waals surface area contributed by atoms with Crippen LogP contribution in [0.5, 0.6) is 5.75 Å². The Balaban J connectivity index is 2.15. The van der Waals surface area contributed by atoms with Crippen LogP contribution >= 0.6 is 11.3 Å². The van der Waals surface area contributed by atoms with E-state index in [0.29, 0.717) is 5.69 Å². The molecule has 17 heavy (non-hydrogen) atoms. The third-order valence-corrected chi connectivity index (χ3v) is 3.33. The topological polar surface area (TPSA) is 60.2 Å². The number of hydrogen-bond acceptors (Lipinski definition) is 5. The Bertz CT molecular complexity index is 485. The molecule has 3 N–H and O–H groups in total. The fraction of sp³-hybridized carbons (Fsp3) is 0.250. The first-order valence-corrected chi connectivity index (χ1v) is 6.17. The second-order valence-corrected chi connectivity index (χ2v) is 4.66. The predicted molar refractivity (Wildman–Crippen MR) is 71.6 cm³/mol. The number of aromatic nitrogens is 1. The molecule has 0 amide bonds. The molecule has 1 aromatic carbocycles. The predicted octanol–water partition coefficient (Wildman–Crippen LogP) is 2.91. The number of nitrogens with two attached hydrogens (primary N) is 1. The summed E-state index contributed by atoms with van der Waals surface area (Å²) in [6.07, 6.45) is 1.80.